The maximum atomic E-state index is 12.5. The molecular formula is C14H16O5S. The Morgan fingerprint density at radius 3 is 2.70 bits per heavy atom. The summed E-state index contributed by atoms with van der Waals surface area (Å²) in [6, 6.07) is 3.94. The molecule has 0 heterocycles. The van der Waals surface area contributed by atoms with Gasteiger partial charge in [-0.25, -0.2) is 13.2 Å². The summed E-state index contributed by atoms with van der Waals surface area (Å²) >= 11 is 0. The third-order valence-electron chi connectivity index (χ3n) is 3.34. The van der Waals surface area contributed by atoms with Crippen LogP contribution in [0.4, 0.5) is 0 Å². The standard InChI is InChI=1S/C14H16O5S/c1-19-13-8-7-11(9-12(13)14(15)16)20(17,18)10-5-3-2-4-6-10/h3,5,7-10H,2,4,6H2,1H3,(H,15,16). The van der Waals surface area contributed by atoms with E-state index in [9.17, 15) is 13.2 Å². The first-order valence-corrected chi connectivity index (χ1v) is 7.83. The molecular weight excluding hydrogens is 280 g/mol. The van der Waals surface area contributed by atoms with E-state index < -0.39 is 21.1 Å². The Kier molecular flexibility index (Phi) is 4.13. The number of carboxylic acid groups (broad SMARTS) is 1. The van der Waals surface area contributed by atoms with Crippen LogP contribution in [-0.2, 0) is 9.84 Å². The molecule has 0 amide bonds. The van der Waals surface area contributed by atoms with Crippen LogP contribution in [0.1, 0.15) is 29.6 Å². The van der Waals surface area contributed by atoms with Crippen molar-refractivity contribution < 1.29 is 23.1 Å². The SMILES string of the molecule is COc1ccc(S(=O)(=O)C2C=CCCC2)cc1C(=O)O. The lowest BCUT2D eigenvalue weighted by Gasteiger charge is -2.17. The van der Waals surface area contributed by atoms with Crippen molar-refractivity contribution in [2.24, 2.45) is 0 Å². The van der Waals surface area contributed by atoms with Crippen molar-refractivity contribution in [3.63, 3.8) is 0 Å². The van der Waals surface area contributed by atoms with Crippen LogP contribution in [0, 0.1) is 0 Å². The molecule has 1 aliphatic carbocycles. The largest absolute Gasteiger partial charge is 0.496 e. The van der Waals surface area contributed by atoms with Gasteiger partial charge in [-0.3, -0.25) is 0 Å². The number of hydrogen-bond acceptors (Lipinski definition) is 4. The minimum Gasteiger partial charge on any atom is -0.496 e. The van der Waals surface area contributed by atoms with E-state index >= 15 is 0 Å². The van der Waals surface area contributed by atoms with E-state index in [1.54, 1.807) is 6.08 Å². The Balaban J connectivity index is 2.47. The van der Waals surface area contributed by atoms with Gasteiger partial charge in [-0.05, 0) is 37.5 Å². The van der Waals surface area contributed by atoms with E-state index in [4.69, 9.17) is 9.84 Å². The average molecular weight is 296 g/mol. The summed E-state index contributed by atoms with van der Waals surface area (Å²) in [6.45, 7) is 0. The fourth-order valence-electron chi connectivity index (χ4n) is 2.25. The lowest BCUT2D eigenvalue weighted by Crippen LogP contribution is -2.21. The first-order chi connectivity index (χ1) is 9.46. The molecule has 1 aromatic rings. The van der Waals surface area contributed by atoms with Gasteiger partial charge in [-0.1, -0.05) is 12.2 Å². The first-order valence-electron chi connectivity index (χ1n) is 6.28. The van der Waals surface area contributed by atoms with Crippen molar-refractivity contribution >= 4 is 15.8 Å². The predicted octanol–water partition coefficient (Wildman–Crippen LogP) is 2.28. The third-order valence-corrected chi connectivity index (χ3v) is 5.44. The lowest BCUT2D eigenvalue weighted by atomic mass is 10.1. The molecule has 0 aliphatic heterocycles. The Morgan fingerprint density at radius 2 is 2.15 bits per heavy atom. The Labute approximate surface area is 117 Å². The summed E-state index contributed by atoms with van der Waals surface area (Å²) in [5, 5.41) is 8.53. The second-order valence-corrected chi connectivity index (χ2v) is 6.78. The van der Waals surface area contributed by atoms with Gasteiger partial charge in [0, 0.05) is 0 Å². The zero-order chi connectivity index (χ0) is 14.8. The number of aromatic carboxylic acids is 1. The summed E-state index contributed by atoms with van der Waals surface area (Å²) in [5.41, 5.74) is -0.145. The van der Waals surface area contributed by atoms with Gasteiger partial charge in [0.15, 0.2) is 9.84 Å². The molecule has 0 aromatic heterocycles. The van der Waals surface area contributed by atoms with Crippen LogP contribution in [0.5, 0.6) is 5.75 Å². The summed E-state index contributed by atoms with van der Waals surface area (Å²) < 4.78 is 29.9. The van der Waals surface area contributed by atoms with Gasteiger partial charge in [-0.15, -0.1) is 0 Å². The van der Waals surface area contributed by atoms with Crippen molar-refractivity contribution in [3.8, 4) is 5.75 Å². The summed E-state index contributed by atoms with van der Waals surface area (Å²) in [5.74, 6) is -1.06. The summed E-state index contributed by atoms with van der Waals surface area (Å²) in [6.07, 6.45) is 5.81. The first kappa shape index (κ1) is 14.6. The number of benzene rings is 1. The smallest absolute Gasteiger partial charge is 0.339 e. The molecule has 0 radical (unpaired) electrons. The van der Waals surface area contributed by atoms with Crippen molar-refractivity contribution in [2.75, 3.05) is 7.11 Å². The molecule has 0 saturated heterocycles. The fraction of sp³-hybridized carbons (Fsp3) is 0.357. The number of carboxylic acids is 1. The topological polar surface area (TPSA) is 80.7 Å². The maximum absolute atomic E-state index is 12.5. The van der Waals surface area contributed by atoms with Crippen molar-refractivity contribution in [3.05, 3.63) is 35.9 Å². The Bertz CT molecular complexity index is 646. The highest BCUT2D eigenvalue weighted by molar-refractivity contribution is 7.92. The number of hydrogen-bond donors (Lipinski definition) is 1. The molecule has 1 aromatic carbocycles. The molecule has 5 nitrogen and oxygen atoms in total. The highest BCUT2D eigenvalue weighted by Crippen LogP contribution is 2.28. The fourth-order valence-corrected chi connectivity index (χ4v) is 3.93. The van der Waals surface area contributed by atoms with Crippen LogP contribution >= 0.6 is 0 Å². The molecule has 0 fully saturated rings. The number of ether oxygens (including phenoxy) is 1. The van der Waals surface area contributed by atoms with Crippen molar-refractivity contribution in [2.45, 2.75) is 29.4 Å². The monoisotopic (exact) mass is 296 g/mol. The predicted molar refractivity (Wildman–Crippen MR) is 73.9 cm³/mol. The Morgan fingerprint density at radius 1 is 1.40 bits per heavy atom. The lowest BCUT2D eigenvalue weighted by molar-refractivity contribution is 0.0693. The summed E-state index contributed by atoms with van der Waals surface area (Å²) in [4.78, 5) is 11.2. The van der Waals surface area contributed by atoms with Gasteiger partial charge in [0.05, 0.1) is 17.3 Å². The second kappa shape index (κ2) is 5.66. The molecule has 1 aliphatic rings. The van der Waals surface area contributed by atoms with Crippen LogP contribution in [0.25, 0.3) is 0 Å². The Hall–Kier alpha value is -1.82. The van der Waals surface area contributed by atoms with Gasteiger partial charge >= 0.3 is 5.97 Å². The van der Waals surface area contributed by atoms with Crippen molar-refractivity contribution in [1.29, 1.82) is 0 Å². The van der Waals surface area contributed by atoms with E-state index in [0.29, 0.717) is 6.42 Å². The van der Waals surface area contributed by atoms with Gasteiger partial charge in [0.25, 0.3) is 0 Å². The number of sulfone groups is 1. The van der Waals surface area contributed by atoms with E-state index in [1.165, 1.54) is 25.3 Å². The molecule has 1 unspecified atom stereocenters. The summed E-state index contributed by atoms with van der Waals surface area (Å²) in [7, 11) is -2.20. The highest BCUT2D eigenvalue weighted by atomic mass is 32.2. The van der Waals surface area contributed by atoms with Gasteiger partial charge in [-0.2, -0.15) is 0 Å². The average Bonchev–Trinajstić information content (AvgIpc) is 2.47. The van der Waals surface area contributed by atoms with Crippen molar-refractivity contribution in [1.82, 2.24) is 0 Å². The zero-order valence-electron chi connectivity index (χ0n) is 11.1. The molecule has 1 N–H and O–H groups in total. The molecule has 0 bridgehead atoms. The zero-order valence-corrected chi connectivity index (χ0v) is 11.9. The van der Waals surface area contributed by atoms with Crippen LogP contribution in [0.2, 0.25) is 0 Å². The number of methoxy groups -OCH3 is 1. The quantitative estimate of drug-likeness (QED) is 0.862. The van der Waals surface area contributed by atoms with Crippen LogP contribution in [0.15, 0.2) is 35.2 Å². The molecule has 20 heavy (non-hydrogen) atoms. The maximum Gasteiger partial charge on any atom is 0.339 e. The minimum atomic E-state index is -3.55. The number of carbonyl (C=O) groups is 1. The van der Waals surface area contributed by atoms with Gasteiger partial charge in [0.1, 0.15) is 11.3 Å². The molecule has 6 heteroatoms. The van der Waals surface area contributed by atoms with Crippen LogP contribution in [-0.4, -0.2) is 31.9 Å². The van der Waals surface area contributed by atoms with Gasteiger partial charge in [0.2, 0.25) is 0 Å². The normalized spacial score (nSPS) is 18.8. The molecule has 1 atom stereocenters. The van der Waals surface area contributed by atoms with Gasteiger partial charge < -0.3 is 9.84 Å². The van der Waals surface area contributed by atoms with Crippen LogP contribution in [0.3, 0.4) is 0 Å². The van der Waals surface area contributed by atoms with E-state index in [0.717, 1.165) is 12.8 Å². The molecule has 2 rings (SSSR count). The molecule has 0 saturated carbocycles. The van der Waals surface area contributed by atoms with Crippen LogP contribution < -0.4 is 4.74 Å². The van der Waals surface area contributed by atoms with E-state index in [1.807, 2.05) is 6.08 Å². The number of rotatable bonds is 4. The molecule has 0 spiro atoms. The number of allylic oxidation sites excluding steroid dienone is 1. The minimum absolute atomic E-state index is 0.0206. The highest BCUT2D eigenvalue weighted by Gasteiger charge is 2.27. The molecule has 108 valence electrons. The van der Waals surface area contributed by atoms with E-state index in [-0.39, 0.29) is 16.2 Å². The third kappa shape index (κ3) is 2.70. The van der Waals surface area contributed by atoms with E-state index in [2.05, 4.69) is 0 Å². The second-order valence-electron chi connectivity index (χ2n) is 4.61.